The second-order valence-corrected chi connectivity index (χ2v) is 23.2. The van der Waals surface area contributed by atoms with Gasteiger partial charge in [0.15, 0.2) is 8.07 Å². The molecular weight excluding hydrogens is 829 g/mol. The highest BCUT2D eigenvalue weighted by atomic mass is 28.3. The normalized spacial score (nSPS) is 12.1. The van der Waals surface area contributed by atoms with Crippen LogP contribution in [0.15, 0.2) is 194 Å². The molecule has 332 valence electrons. The molecule has 0 unspecified atom stereocenters. The van der Waals surface area contributed by atoms with Crippen molar-refractivity contribution in [2.45, 2.75) is 79.1 Å². The molecule has 0 saturated heterocycles. The molecular formula is C62H60N4Si. The molecule has 0 aliphatic rings. The summed E-state index contributed by atoms with van der Waals surface area (Å²) in [7, 11) is -3.09. The van der Waals surface area contributed by atoms with Crippen molar-refractivity contribution in [2.75, 3.05) is 0 Å². The van der Waals surface area contributed by atoms with Crippen LogP contribution >= 0.6 is 0 Å². The fraction of sp³-hybridized carbons (Fsp3) is 0.194. The van der Waals surface area contributed by atoms with E-state index >= 15 is 0 Å². The molecule has 0 fully saturated rings. The largest absolute Gasteiger partial charge is 0.292 e. The third-order valence-electron chi connectivity index (χ3n) is 13.8. The molecule has 0 aliphatic carbocycles. The minimum absolute atomic E-state index is 0.321. The van der Waals surface area contributed by atoms with Crippen LogP contribution < -0.4 is 20.7 Å². The maximum atomic E-state index is 5.52. The number of benzene rings is 8. The minimum atomic E-state index is -3.09. The van der Waals surface area contributed by atoms with E-state index in [1.165, 1.54) is 54.4 Å². The second-order valence-electron chi connectivity index (χ2n) is 19.4. The Hall–Kier alpha value is -7.08. The highest BCUT2D eigenvalue weighted by Crippen LogP contribution is 2.39. The van der Waals surface area contributed by atoms with Gasteiger partial charge in [-0.2, -0.15) is 0 Å². The van der Waals surface area contributed by atoms with Gasteiger partial charge >= 0.3 is 0 Å². The van der Waals surface area contributed by atoms with Crippen LogP contribution in [0.4, 0.5) is 0 Å². The molecule has 0 N–H and O–H groups in total. The van der Waals surface area contributed by atoms with Crippen LogP contribution in [0.2, 0.25) is 0 Å². The Morgan fingerprint density at radius 1 is 0.328 bits per heavy atom. The molecule has 10 aromatic rings. The number of hydrogen-bond donors (Lipinski definition) is 0. The van der Waals surface area contributed by atoms with Crippen LogP contribution in [0.5, 0.6) is 0 Å². The first-order chi connectivity index (χ1) is 32.6. The van der Waals surface area contributed by atoms with Crippen molar-refractivity contribution < 1.29 is 0 Å². The predicted molar refractivity (Wildman–Crippen MR) is 287 cm³/mol. The van der Waals surface area contributed by atoms with E-state index in [-0.39, 0.29) is 0 Å². The van der Waals surface area contributed by atoms with Crippen LogP contribution in [-0.2, 0) is 0 Å². The number of hydrogen-bond acceptors (Lipinski definition) is 2. The molecule has 0 atom stereocenters. The Balaban J connectivity index is 1.27. The summed E-state index contributed by atoms with van der Waals surface area (Å²) in [6, 6.07) is 72.2. The molecule has 0 saturated carbocycles. The van der Waals surface area contributed by atoms with Crippen molar-refractivity contribution in [1.82, 2.24) is 19.1 Å². The van der Waals surface area contributed by atoms with E-state index in [1.807, 2.05) is 0 Å². The number of nitrogens with zero attached hydrogens (tertiary/aromatic N) is 4. The smallest absolute Gasteiger partial charge is 0.179 e. The third-order valence-corrected chi connectivity index (χ3v) is 18.5. The van der Waals surface area contributed by atoms with Gasteiger partial charge in [0.25, 0.3) is 0 Å². The van der Waals surface area contributed by atoms with E-state index in [2.05, 4.69) is 259 Å². The van der Waals surface area contributed by atoms with Crippen molar-refractivity contribution in [1.29, 1.82) is 0 Å². The number of aromatic nitrogens is 4. The number of imidazole rings is 2. The van der Waals surface area contributed by atoms with Gasteiger partial charge in [-0.05, 0) is 90.9 Å². The van der Waals surface area contributed by atoms with Gasteiger partial charge in [-0.1, -0.05) is 225 Å². The van der Waals surface area contributed by atoms with Gasteiger partial charge in [-0.25, -0.2) is 9.97 Å². The van der Waals surface area contributed by atoms with E-state index in [0.717, 1.165) is 44.8 Å². The van der Waals surface area contributed by atoms with Crippen molar-refractivity contribution in [3.05, 3.63) is 216 Å². The zero-order chi connectivity index (χ0) is 46.4. The summed E-state index contributed by atoms with van der Waals surface area (Å²) >= 11 is 0. The Labute approximate surface area is 397 Å². The van der Waals surface area contributed by atoms with Crippen molar-refractivity contribution in [2.24, 2.45) is 0 Å². The second kappa shape index (κ2) is 18.0. The van der Waals surface area contributed by atoms with Crippen molar-refractivity contribution in [3.8, 4) is 34.2 Å². The summed E-state index contributed by atoms with van der Waals surface area (Å²) in [6.07, 6.45) is 0. The van der Waals surface area contributed by atoms with Crippen LogP contribution in [0.25, 0.3) is 56.2 Å². The van der Waals surface area contributed by atoms with Gasteiger partial charge in [0.1, 0.15) is 11.6 Å². The lowest BCUT2D eigenvalue weighted by molar-refractivity contribution is 0.811. The lowest BCUT2D eigenvalue weighted by atomic mass is 9.92. The Kier molecular flexibility index (Phi) is 11.7. The van der Waals surface area contributed by atoms with Crippen molar-refractivity contribution in [3.63, 3.8) is 0 Å². The molecule has 5 heteroatoms. The van der Waals surface area contributed by atoms with Gasteiger partial charge in [-0.3, -0.25) is 9.13 Å². The lowest BCUT2D eigenvalue weighted by Crippen LogP contribution is -2.74. The Bertz CT molecular complexity index is 3090. The van der Waals surface area contributed by atoms with E-state index in [4.69, 9.17) is 9.97 Å². The predicted octanol–water partition coefficient (Wildman–Crippen LogP) is 13.6. The minimum Gasteiger partial charge on any atom is -0.292 e. The molecule has 10 rings (SSSR count). The molecule has 2 heterocycles. The molecule has 4 nitrogen and oxygen atoms in total. The molecule has 0 amide bonds. The van der Waals surface area contributed by atoms with Gasteiger partial charge < -0.3 is 0 Å². The Morgan fingerprint density at radius 2 is 0.642 bits per heavy atom. The van der Waals surface area contributed by atoms with Crippen LogP contribution in [0.1, 0.15) is 101 Å². The van der Waals surface area contributed by atoms with E-state index in [0.29, 0.717) is 23.7 Å². The summed E-state index contributed by atoms with van der Waals surface area (Å²) in [5, 5.41) is 5.22. The summed E-state index contributed by atoms with van der Waals surface area (Å²) < 4.78 is 4.91. The molecule has 8 aromatic carbocycles. The lowest BCUT2D eigenvalue weighted by Gasteiger charge is -2.35. The summed E-state index contributed by atoms with van der Waals surface area (Å²) in [4.78, 5) is 11.0. The molecule has 2 aromatic heterocycles. The van der Waals surface area contributed by atoms with Crippen LogP contribution in [0.3, 0.4) is 0 Å². The number of fused-ring (bicyclic) bond motifs is 2. The van der Waals surface area contributed by atoms with Crippen LogP contribution in [0, 0.1) is 0 Å². The number of para-hydroxylation sites is 6. The Morgan fingerprint density at radius 3 is 1.00 bits per heavy atom. The molecule has 0 radical (unpaired) electrons. The summed E-state index contributed by atoms with van der Waals surface area (Å²) in [5.74, 6) is 3.19. The van der Waals surface area contributed by atoms with Gasteiger partial charge in [0.05, 0.1) is 33.4 Å². The maximum absolute atomic E-state index is 5.52. The van der Waals surface area contributed by atoms with Crippen molar-refractivity contribution >= 4 is 50.9 Å². The first kappa shape index (κ1) is 43.8. The van der Waals surface area contributed by atoms with Gasteiger partial charge in [0.2, 0.25) is 0 Å². The molecule has 0 bridgehead atoms. The summed E-state index contributed by atoms with van der Waals surface area (Å²) in [6.45, 7) is 18.4. The van der Waals surface area contributed by atoms with Gasteiger partial charge in [0, 0.05) is 11.1 Å². The zero-order valence-electron chi connectivity index (χ0n) is 40.1. The quantitative estimate of drug-likeness (QED) is 0.0905. The fourth-order valence-corrected chi connectivity index (χ4v) is 15.4. The van der Waals surface area contributed by atoms with E-state index < -0.39 is 8.07 Å². The van der Waals surface area contributed by atoms with E-state index in [1.54, 1.807) is 0 Å². The fourth-order valence-electron chi connectivity index (χ4n) is 10.6. The van der Waals surface area contributed by atoms with Crippen LogP contribution in [-0.4, -0.2) is 27.2 Å². The molecule has 67 heavy (non-hydrogen) atoms. The highest BCUT2D eigenvalue weighted by Gasteiger charge is 2.42. The van der Waals surface area contributed by atoms with Gasteiger partial charge in [-0.15, -0.1) is 0 Å². The molecule has 0 aliphatic heterocycles. The monoisotopic (exact) mass is 888 g/mol. The SMILES string of the molecule is CC(C)c1cccc(C(C)C)c1-n1c(-c2cccc([Si](c3ccccc3)(c3ccccc3)c3cccc(-c4nc5ccccc5n4-c4c(C(C)C)cccc4C(C)C)c3)c2)nc2ccccc21. The average Bonchev–Trinajstić information content (AvgIpc) is 3.94. The average molecular weight is 889 g/mol. The first-order valence-corrected chi connectivity index (χ1v) is 26.1. The zero-order valence-corrected chi connectivity index (χ0v) is 41.1. The highest BCUT2D eigenvalue weighted by molar-refractivity contribution is 7.20. The third kappa shape index (κ3) is 7.56. The topological polar surface area (TPSA) is 35.6 Å². The standard InChI is InChI=1S/C62H60N4Si/c1-41(2)51-31-21-32-52(42(3)4)59(51)65-57-37-17-15-35-55(57)63-61(65)45-23-19-29-49(39-45)67(47-25-11-9-12-26-47,48-27-13-10-14-28-48)50-30-20-24-46(40-50)62-64-56-36-16-18-38-58(56)66(62)60-53(43(5)6)33-22-34-54(60)44(7)8/h9-44H,1-8H3. The molecule has 0 spiro atoms. The first-order valence-electron chi connectivity index (χ1n) is 24.1. The van der Waals surface area contributed by atoms with E-state index in [9.17, 15) is 0 Å². The summed E-state index contributed by atoms with van der Waals surface area (Å²) in [5.41, 5.74) is 14.2. The number of rotatable bonds is 12. The maximum Gasteiger partial charge on any atom is 0.179 e.